The van der Waals surface area contributed by atoms with E-state index < -0.39 is 10.8 Å². The molecular formula is C16H15N5O4. The molecular weight excluding hydrogens is 326 g/mol. The number of carbonyl (C=O) groups is 1. The fraction of sp³-hybridized carbons (Fsp3) is 0.125. The lowest BCUT2D eigenvalue weighted by atomic mass is 10.1. The van der Waals surface area contributed by atoms with Crippen LogP contribution in [0.5, 0.6) is 0 Å². The Kier molecular flexibility index (Phi) is 4.57. The Morgan fingerprint density at radius 3 is 2.68 bits per heavy atom. The summed E-state index contributed by atoms with van der Waals surface area (Å²) in [6.07, 6.45) is 1.87. The Balaban J connectivity index is 2.04. The minimum absolute atomic E-state index is 0.0566. The van der Waals surface area contributed by atoms with Crippen LogP contribution in [0.4, 0.5) is 11.5 Å². The van der Waals surface area contributed by atoms with Crippen LogP contribution < -0.4 is 10.8 Å². The average Bonchev–Trinajstić information content (AvgIpc) is 2.97. The number of hydroxylamine groups is 1. The molecule has 0 radical (unpaired) electrons. The van der Waals surface area contributed by atoms with Gasteiger partial charge in [0.2, 0.25) is 0 Å². The second kappa shape index (κ2) is 6.97. The van der Waals surface area contributed by atoms with Crippen LogP contribution in [0, 0.1) is 10.1 Å². The first kappa shape index (κ1) is 16.4. The van der Waals surface area contributed by atoms with Gasteiger partial charge in [-0.2, -0.15) is 0 Å². The quantitative estimate of drug-likeness (QED) is 0.357. The highest BCUT2D eigenvalue weighted by atomic mass is 16.6. The van der Waals surface area contributed by atoms with Crippen molar-refractivity contribution in [2.45, 2.75) is 6.42 Å². The molecule has 1 amide bonds. The molecule has 0 aliphatic heterocycles. The van der Waals surface area contributed by atoms with Gasteiger partial charge in [-0.15, -0.1) is 0 Å². The normalized spacial score (nSPS) is 10.6. The van der Waals surface area contributed by atoms with Crippen LogP contribution in [-0.4, -0.2) is 32.0 Å². The van der Waals surface area contributed by atoms with Gasteiger partial charge in [0.1, 0.15) is 11.5 Å². The van der Waals surface area contributed by atoms with E-state index in [-0.39, 0.29) is 12.2 Å². The molecule has 0 aliphatic carbocycles. The van der Waals surface area contributed by atoms with E-state index in [9.17, 15) is 14.9 Å². The molecule has 0 fully saturated rings. The van der Waals surface area contributed by atoms with E-state index in [1.807, 2.05) is 30.3 Å². The highest BCUT2D eigenvalue weighted by Gasteiger charge is 2.16. The summed E-state index contributed by atoms with van der Waals surface area (Å²) in [4.78, 5) is 26.2. The highest BCUT2D eigenvalue weighted by molar-refractivity contribution is 5.79. The van der Waals surface area contributed by atoms with Gasteiger partial charge < -0.3 is 5.32 Å². The molecule has 1 aromatic carbocycles. The Morgan fingerprint density at radius 2 is 2.00 bits per heavy atom. The van der Waals surface area contributed by atoms with Gasteiger partial charge in [0.15, 0.2) is 0 Å². The standard InChI is InChI=1S/C16H15N5O4/c22-15(19-23)9-17-16-13(8-11-4-2-1-3-5-11)20-10-12(21(24)25)6-7-14(20)18-16/h1-7,10,17,23H,8-9H2,(H,19,22). The first-order valence-electron chi connectivity index (χ1n) is 7.44. The lowest BCUT2D eigenvalue weighted by Crippen LogP contribution is -2.27. The Hall–Kier alpha value is -3.46. The zero-order valence-corrected chi connectivity index (χ0v) is 13.0. The van der Waals surface area contributed by atoms with Crippen LogP contribution >= 0.6 is 0 Å². The molecule has 0 spiro atoms. The van der Waals surface area contributed by atoms with E-state index in [2.05, 4.69) is 10.3 Å². The Morgan fingerprint density at radius 1 is 1.24 bits per heavy atom. The maximum absolute atomic E-state index is 11.3. The molecule has 0 saturated heterocycles. The predicted octanol–water partition coefficient (Wildman–Crippen LogP) is 1.75. The molecule has 0 unspecified atom stereocenters. The van der Waals surface area contributed by atoms with Crippen LogP contribution in [0.2, 0.25) is 0 Å². The summed E-state index contributed by atoms with van der Waals surface area (Å²) in [5.41, 5.74) is 3.67. The van der Waals surface area contributed by atoms with E-state index in [0.717, 1.165) is 5.56 Å². The maximum atomic E-state index is 11.3. The van der Waals surface area contributed by atoms with Gasteiger partial charge in [0, 0.05) is 12.5 Å². The number of fused-ring (bicyclic) bond motifs is 1. The van der Waals surface area contributed by atoms with Gasteiger partial charge in [0.25, 0.3) is 11.6 Å². The molecule has 9 nitrogen and oxygen atoms in total. The summed E-state index contributed by atoms with van der Waals surface area (Å²) < 4.78 is 1.63. The second-order valence-corrected chi connectivity index (χ2v) is 5.33. The first-order valence-corrected chi connectivity index (χ1v) is 7.44. The topological polar surface area (TPSA) is 122 Å². The van der Waals surface area contributed by atoms with E-state index in [0.29, 0.717) is 23.6 Å². The number of rotatable bonds is 6. The lowest BCUT2D eigenvalue weighted by molar-refractivity contribution is -0.385. The Labute approximate surface area is 142 Å². The molecule has 0 saturated carbocycles. The van der Waals surface area contributed by atoms with Gasteiger partial charge in [0.05, 0.1) is 23.4 Å². The maximum Gasteiger partial charge on any atom is 0.286 e. The van der Waals surface area contributed by atoms with Crippen LogP contribution in [-0.2, 0) is 11.2 Å². The van der Waals surface area contributed by atoms with Crippen LogP contribution in [0.25, 0.3) is 5.65 Å². The highest BCUT2D eigenvalue weighted by Crippen LogP contribution is 2.23. The third kappa shape index (κ3) is 3.56. The molecule has 2 heterocycles. The molecule has 25 heavy (non-hydrogen) atoms. The molecule has 3 rings (SSSR count). The summed E-state index contributed by atoms with van der Waals surface area (Å²) in [6, 6.07) is 12.5. The number of carbonyl (C=O) groups excluding carboxylic acids is 1. The van der Waals surface area contributed by atoms with E-state index in [1.54, 1.807) is 10.5 Å². The number of imidazole rings is 1. The van der Waals surface area contributed by atoms with Crippen molar-refractivity contribution >= 4 is 23.1 Å². The third-order valence-electron chi connectivity index (χ3n) is 3.67. The molecule has 0 bridgehead atoms. The minimum atomic E-state index is -0.617. The fourth-order valence-electron chi connectivity index (χ4n) is 2.49. The van der Waals surface area contributed by atoms with Crippen molar-refractivity contribution in [2.24, 2.45) is 0 Å². The van der Waals surface area contributed by atoms with Crippen molar-refractivity contribution in [2.75, 3.05) is 11.9 Å². The van der Waals surface area contributed by atoms with Gasteiger partial charge in [-0.3, -0.25) is 24.5 Å². The molecule has 2 aromatic heterocycles. The predicted molar refractivity (Wildman–Crippen MR) is 89.5 cm³/mol. The van der Waals surface area contributed by atoms with Crippen molar-refractivity contribution < 1.29 is 14.9 Å². The second-order valence-electron chi connectivity index (χ2n) is 5.33. The molecule has 0 atom stereocenters. The van der Waals surface area contributed by atoms with Crippen LogP contribution in [0.3, 0.4) is 0 Å². The van der Waals surface area contributed by atoms with E-state index >= 15 is 0 Å². The number of pyridine rings is 1. The zero-order chi connectivity index (χ0) is 17.8. The summed E-state index contributed by atoms with van der Waals surface area (Å²) in [6.45, 7) is -0.176. The summed E-state index contributed by atoms with van der Waals surface area (Å²) >= 11 is 0. The summed E-state index contributed by atoms with van der Waals surface area (Å²) in [5.74, 6) is -0.193. The van der Waals surface area contributed by atoms with Gasteiger partial charge >= 0.3 is 0 Å². The number of hydrogen-bond acceptors (Lipinski definition) is 6. The number of anilines is 1. The van der Waals surface area contributed by atoms with Crippen molar-refractivity contribution in [3.05, 3.63) is 70.0 Å². The Bertz CT molecular complexity index is 923. The van der Waals surface area contributed by atoms with E-state index in [1.165, 1.54) is 17.7 Å². The minimum Gasteiger partial charge on any atom is -0.359 e. The monoisotopic (exact) mass is 341 g/mol. The number of benzene rings is 1. The third-order valence-corrected chi connectivity index (χ3v) is 3.67. The average molecular weight is 341 g/mol. The zero-order valence-electron chi connectivity index (χ0n) is 13.0. The number of hydrogen-bond donors (Lipinski definition) is 3. The van der Waals surface area contributed by atoms with E-state index in [4.69, 9.17) is 5.21 Å². The first-order chi connectivity index (χ1) is 12.1. The molecule has 0 aliphatic rings. The van der Waals surface area contributed by atoms with Crippen molar-refractivity contribution in [3.8, 4) is 0 Å². The number of amides is 1. The molecule has 9 heteroatoms. The van der Waals surface area contributed by atoms with Gasteiger partial charge in [-0.05, 0) is 11.6 Å². The number of nitro groups is 1. The van der Waals surface area contributed by atoms with Crippen molar-refractivity contribution in [3.63, 3.8) is 0 Å². The number of nitrogens with one attached hydrogen (secondary N) is 2. The fourth-order valence-corrected chi connectivity index (χ4v) is 2.49. The molecule has 128 valence electrons. The largest absolute Gasteiger partial charge is 0.359 e. The van der Waals surface area contributed by atoms with Crippen LogP contribution in [0.15, 0.2) is 48.7 Å². The number of nitrogens with zero attached hydrogens (tertiary/aromatic N) is 3. The van der Waals surface area contributed by atoms with Crippen LogP contribution in [0.1, 0.15) is 11.3 Å². The molecule has 3 aromatic rings. The van der Waals surface area contributed by atoms with Gasteiger partial charge in [-0.1, -0.05) is 30.3 Å². The molecule has 3 N–H and O–H groups in total. The lowest BCUT2D eigenvalue weighted by Gasteiger charge is -2.07. The SMILES string of the molecule is O=C(CNc1nc2ccc([N+](=O)[O-])cn2c1Cc1ccccc1)NO. The summed E-state index contributed by atoms with van der Waals surface area (Å²) in [7, 11) is 0. The van der Waals surface area contributed by atoms with Gasteiger partial charge in [-0.25, -0.2) is 10.5 Å². The smallest absolute Gasteiger partial charge is 0.286 e. The number of aromatic nitrogens is 2. The summed E-state index contributed by atoms with van der Waals surface area (Å²) in [5, 5.41) is 22.5. The van der Waals surface area contributed by atoms with Crippen molar-refractivity contribution in [1.82, 2.24) is 14.9 Å². The van der Waals surface area contributed by atoms with Crippen molar-refractivity contribution in [1.29, 1.82) is 0 Å².